The Labute approximate surface area is 148 Å². The number of nitrogens with zero attached hydrogens (tertiary/aromatic N) is 2. The number of hydrazone groups is 1. The molecule has 1 fully saturated rings. The number of carbonyl (C=O) groups excluding carboxylic acids is 1. The van der Waals surface area contributed by atoms with E-state index in [9.17, 15) is 23.1 Å². The second-order valence-corrected chi connectivity index (χ2v) is 6.98. The maximum atomic E-state index is 13.8. The van der Waals surface area contributed by atoms with E-state index in [0.717, 1.165) is 6.42 Å². The summed E-state index contributed by atoms with van der Waals surface area (Å²) in [6.07, 6.45) is -3.06. The van der Waals surface area contributed by atoms with Crippen molar-refractivity contribution in [2.45, 2.75) is 44.5 Å². The molecule has 0 bridgehead atoms. The molecule has 1 aliphatic carbocycles. The van der Waals surface area contributed by atoms with Crippen LogP contribution in [0.15, 0.2) is 29.4 Å². The van der Waals surface area contributed by atoms with Crippen molar-refractivity contribution in [2.24, 2.45) is 16.9 Å². The number of benzene rings is 1. The van der Waals surface area contributed by atoms with Gasteiger partial charge in [0.05, 0.1) is 5.92 Å². The second-order valence-electron chi connectivity index (χ2n) is 6.54. The van der Waals surface area contributed by atoms with Crippen LogP contribution < -0.4 is 0 Å². The zero-order valence-electron chi connectivity index (χ0n) is 13.6. The highest BCUT2D eigenvalue weighted by atomic mass is 35.5. The third kappa shape index (κ3) is 2.93. The van der Waals surface area contributed by atoms with Crippen LogP contribution in [-0.4, -0.2) is 33.6 Å². The summed E-state index contributed by atoms with van der Waals surface area (Å²) < 4.78 is 41.4. The van der Waals surface area contributed by atoms with Crippen molar-refractivity contribution in [3.05, 3.63) is 34.9 Å². The molecule has 0 spiro atoms. The summed E-state index contributed by atoms with van der Waals surface area (Å²) in [4.78, 5) is 12.6. The Morgan fingerprint density at radius 2 is 2.04 bits per heavy atom. The van der Waals surface area contributed by atoms with Crippen LogP contribution in [0, 0.1) is 11.8 Å². The van der Waals surface area contributed by atoms with Crippen molar-refractivity contribution in [3.8, 4) is 0 Å². The van der Waals surface area contributed by atoms with Gasteiger partial charge in [-0.15, -0.1) is 0 Å². The highest BCUT2D eigenvalue weighted by Gasteiger charge is 2.68. The molecule has 2 aliphatic rings. The highest BCUT2D eigenvalue weighted by Crippen LogP contribution is 2.50. The molecule has 25 heavy (non-hydrogen) atoms. The van der Waals surface area contributed by atoms with Crippen molar-refractivity contribution >= 4 is 23.2 Å². The van der Waals surface area contributed by atoms with Gasteiger partial charge in [0.15, 0.2) is 0 Å². The Hall–Kier alpha value is -1.60. The zero-order valence-corrected chi connectivity index (χ0v) is 14.3. The maximum Gasteiger partial charge on any atom is 0.439 e. The lowest BCUT2D eigenvalue weighted by molar-refractivity contribution is -0.313. The molecule has 4 nitrogen and oxygen atoms in total. The molecule has 1 saturated carbocycles. The van der Waals surface area contributed by atoms with Crippen molar-refractivity contribution in [1.29, 1.82) is 0 Å². The lowest BCUT2D eigenvalue weighted by Gasteiger charge is -2.39. The van der Waals surface area contributed by atoms with Gasteiger partial charge in [-0.25, -0.2) is 0 Å². The monoisotopic (exact) mass is 374 g/mol. The fourth-order valence-electron chi connectivity index (χ4n) is 3.59. The normalized spacial score (nSPS) is 29.4. The van der Waals surface area contributed by atoms with Crippen LogP contribution >= 0.6 is 11.6 Å². The summed E-state index contributed by atoms with van der Waals surface area (Å²) in [5, 5.41) is 15.1. The van der Waals surface area contributed by atoms with Gasteiger partial charge in [-0.3, -0.25) is 4.79 Å². The predicted molar refractivity (Wildman–Crippen MR) is 87.2 cm³/mol. The van der Waals surface area contributed by atoms with Crippen LogP contribution in [0.5, 0.6) is 0 Å². The van der Waals surface area contributed by atoms with Gasteiger partial charge >= 0.3 is 6.18 Å². The molecule has 3 atom stereocenters. The third-order valence-corrected chi connectivity index (χ3v) is 5.35. The van der Waals surface area contributed by atoms with Crippen molar-refractivity contribution in [1.82, 2.24) is 5.01 Å². The first-order chi connectivity index (χ1) is 11.7. The molecule has 0 aromatic heterocycles. The molecule has 1 aromatic carbocycles. The Bertz CT molecular complexity index is 705. The van der Waals surface area contributed by atoms with Gasteiger partial charge < -0.3 is 5.11 Å². The first kappa shape index (κ1) is 18.2. The van der Waals surface area contributed by atoms with Gasteiger partial charge in [-0.1, -0.05) is 24.9 Å². The van der Waals surface area contributed by atoms with E-state index in [2.05, 4.69) is 5.10 Å². The van der Waals surface area contributed by atoms with E-state index < -0.39 is 23.7 Å². The van der Waals surface area contributed by atoms with Crippen molar-refractivity contribution in [3.63, 3.8) is 0 Å². The van der Waals surface area contributed by atoms with E-state index in [4.69, 9.17) is 11.6 Å². The molecular formula is C17H18ClF3N2O2. The summed E-state index contributed by atoms with van der Waals surface area (Å²) >= 11 is 5.75. The Morgan fingerprint density at radius 3 is 2.60 bits per heavy atom. The van der Waals surface area contributed by atoms with E-state index in [0.29, 0.717) is 17.9 Å². The van der Waals surface area contributed by atoms with Gasteiger partial charge in [0.25, 0.3) is 11.6 Å². The number of hydrogen-bond donors (Lipinski definition) is 1. The fraction of sp³-hybridized carbons (Fsp3) is 0.529. The molecule has 136 valence electrons. The van der Waals surface area contributed by atoms with Crippen LogP contribution in [-0.2, 0) is 0 Å². The SMILES string of the molecule is CC[C@@H]1CCC2=NN(C(=O)c3ccc(Cl)cc3)[C@@](O)(C(F)(F)F)[C@H]2C1. The molecule has 0 saturated heterocycles. The van der Waals surface area contributed by atoms with Crippen LogP contribution in [0.2, 0.25) is 5.02 Å². The first-order valence-electron chi connectivity index (χ1n) is 8.15. The standard InChI is InChI=1S/C17H18ClF3N2O2/c1-2-10-3-8-14-13(9-10)16(25,17(19,20)21)23(22-14)15(24)11-4-6-12(18)7-5-11/h4-7,10,13,25H,2-3,8-9H2,1H3/t10-,13+,16+/m1/s1. The van der Waals surface area contributed by atoms with Gasteiger partial charge in [-0.2, -0.15) is 23.3 Å². The quantitative estimate of drug-likeness (QED) is 0.842. The molecule has 1 N–H and O–H groups in total. The maximum absolute atomic E-state index is 13.8. The summed E-state index contributed by atoms with van der Waals surface area (Å²) in [6.45, 7) is 1.91. The summed E-state index contributed by atoms with van der Waals surface area (Å²) in [6, 6.07) is 5.45. The average Bonchev–Trinajstić information content (AvgIpc) is 2.88. The van der Waals surface area contributed by atoms with Gasteiger partial charge in [-0.05, 0) is 49.4 Å². The second kappa shape index (κ2) is 6.29. The van der Waals surface area contributed by atoms with E-state index in [-0.39, 0.29) is 28.6 Å². The number of aliphatic hydroxyl groups is 1. The van der Waals surface area contributed by atoms with Gasteiger partial charge in [0.1, 0.15) is 0 Å². The summed E-state index contributed by atoms with van der Waals surface area (Å²) in [7, 11) is 0. The summed E-state index contributed by atoms with van der Waals surface area (Å²) in [5.74, 6) is -2.14. The molecule has 8 heteroatoms. The van der Waals surface area contributed by atoms with Crippen LogP contribution in [0.1, 0.15) is 43.0 Å². The molecular weight excluding hydrogens is 357 g/mol. The number of rotatable bonds is 2. The third-order valence-electron chi connectivity index (χ3n) is 5.10. The van der Waals surface area contributed by atoms with Crippen LogP contribution in [0.3, 0.4) is 0 Å². The zero-order chi connectivity index (χ0) is 18.4. The minimum atomic E-state index is -5.01. The number of amides is 1. The molecule has 1 heterocycles. The molecule has 0 unspecified atom stereocenters. The molecule has 1 aromatic rings. The van der Waals surface area contributed by atoms with E-state index >= 15 is 0 Å². The van der Waals surface area contributed by atoms with Gasteiger partial charge in [0, 0.05) is 16.3 Å². The van der Waals surface area contributed by atoms with E-state index in [1.54, 1.807) is 0 Å². The van der Waals surface area contributed by atoms with Crippen LogP contribution in [0.25, 0.3) is 0 Å². The predicted octanol–water partition coefficient (Wildman–Crippen LogP) is 4.23. The number of halogens is 4. The topological polar surface area (TPSA) is 52.9 Å². The Kier molecular flexibility index (Phi) is 4.58. The lowest BCUT2D eigenvalue weighted by Crippen LogP contribution is -2.61. The molecule has 3 rings (SSSR count). The number of fused-ring (bicyclic) bond motifs is 1. The number of hydrogen-bond acceptors (Lipinski definition) is 3. The van der Waals surface area contributed by atoms with Gasteiger partial charge in [0.2, 0.25) is 0 Å². The highest BCUT2D eigenvalue weighted by molar-refractivity contribution is 6.30. The minimum Gasteiger partial charge on any atom is -0.362 e. The largest absolute Gasteiger partial charge is 0.439 e. The first-order valence-corrected chi connectivity index (χ1v) is 8.52. The summed E-state index contributed by atoms with van der Waals surface area (Å²) in [5.41, 5.74) is -3.08. The van der Waals surface area contributed by atoms with Crippen molar-refractivity contribution < 1.29 is 23.1 Å². The fourth-order valence-corrected chi connectivity index (χ4v) is 3.71. The minimum absolute atomic E-state index is 0.0119. The number of carbonyl (C=O) groups is 1. The Morgan fingerprint density at radius 1 is 1.40 bits per heavy atom. The lowest BCUT2D eigenvalue weighted by atomic mass is 9.74. The molecule has 1 aliphatic heterocycles. The molecule has 1 amide bonds. The smallest absolute Gasteiger partial charge is 0.362 e. The Balaban J connectivity index is 2.01. The van der Waals surface area contributed by atoms with E-state index in [1.807, 2.05) is 6.92 Å². The molecule has 0 radical (unpaired) electrons. The van der Waals surface area contributed by atoms with E-state index in [1.165, 1.54) is 24.3 Å². The number of alkyl halides is 3. The van der Waals surface area contributed by atoms with Crippen LogP contribution in [0.4, 0.5) is 13.2 Å². The van der Waals surface area contributed by atoms with Crippen molar-refractivity contribution in [2.75, 3.05) is 0 Å². The average molecular weight is 375 g/mol.